The summed E-state index contributed by atoms with van der Waals surface area (Å²) in [6.45, 7) is 4.30. The molecule has 0 aliphatic carbocycles. The van der Waals surface area contributed by atoms with Gasteiger partial charge in [-0.25, -0.2) is 0 Å². The molecule has 2 aromatic rings. The van der Waals surface area contributed by atoms with Crippen LogP contribution in [0.15, 0.2) is 36.4 Å². The zero-order valence-corrected chi connectivity index (χ0v) is 16.4. The van der Waals surface area contributed by atoms with Crippen LogP contribution in [0.1, 0.15) is 30.1 Å². The van der Waals surface area contributed by atoms with Gasteiger partial charge >= 0.3 is 0 Å². The number of piperidine rings is 1. The largest absolute Gasteiger partial charge is 0.495 e. The van der Waals surface area contributed by atoms with Crippen molar-refractivity contribution in [2.45, 2.75) is 19.8 Å². The van der Waals surface area contributed by atoms with E-state index >= 15 is 0 Å². The molecule has 0 saturated carbocycles. The first-order valence-corrected chi connectivity index (χ1v) is 9.43. The van der Waals surface area contributed by atoms with E-state index in [1.54, 1.807) is 24.3 Å². The summed E-state index contributed by atoms with van der Waals surface area (Å²) in [5, 5.41) is 3.90. The van der Waals surface area contributed by atoms with Crippen molar-refractivity contribution in [3.8, 4) is 5.75 Å². The molecule has 0 atom stereocenters. The summed E-state index contributed by atoms with van der Waals surface area (Å²) in [5.74, 6) is 1.05. The molecule has 2 aromatic carbocycles. The number of methoxy groups -OCH3 is 1. The molecule has 1 saturated heterocycles. The lowest BCUT2D eigenvalue weighted by molar-refractivity contribution is 0.102. The first-order chi connectivity index (χ1) is 12.5. The van der Waals surface area contributed by atoms with Crippen LogP contribution >= 0.6 is 23.2 Å². The molecule has 4 nitrogen and oxygen atoms in total. The lowest BCUT2D eigenvalue weighted by Crippen LogP contribution is -2.32. The maximum Gasteiger partial charge on any atom is 0.255 e. The molecule has 1 N–H and O–H groups in total. The topological polar surface area (TPSA) is 41.6 Å². The van der Waals surface area contributed by atoms with Crippen molar-refractivity contribution in [3.05, 3.63) is 52.0 Å². The van der Waals surface area contributed by atoms with Gasteiger partial charge in [0.25, 0.3) is 5.91 Å². The fraction of sp³-hybridized carbons (Fsp3) is 0.350. The molecule has 0 spiro atoms. The number of benzene rings is 2. The summed E-state index contributed by atoms with van der Waals surface area (Å²) < 4.78 is 5.11. The third-order valence-corrected chi connectivity index (χ3v) is 5.34. The van der Waals surface area contributed by atoms with Gasteiger partial charge in [-0.2, -0.15) is 0 Å². The number of anilines is 2. The Morgan fingerprint density at radius 2 is 1.85 bits per heavy atom. The molecule has 1 amide bonds. The SMILES string of the molecule is COc1ccc(C(=O)Nc2ccc(N3CCC(C)CC3)c(Cl)c2)cc1Cl. The van der Waals surface area contributed by atoms with Crippen LogP contribution in [0.4, 0.5) is 11.4 Å². The second kappa shape index (κ2) is 8.19. The Bertz CT molecular complexity index is 802. The normalized spacial score (nSPS) is 15.0. The zero-order chi connectivity index (χ0) is 18.7. The summed E-state index contributed by atoms with van der Waals surface area (Å²) in [7, 11) is 1.54. The molecule has 0 bridgehead atoms. The Labute approximate surface area is 164 Å². The number of carbonyl (C=O) groups is 1. The molecule has 26 heavy (non-hydrogen) atoms. The maximum atomic E-state index is 12.4. The Morgan fingerprint density at radius 3 is 2.46 bits per heavy atom. The molecule has 3 rings (SSSR count). The number of rotatable bonds is 4. The van der Waals surface area contributed by atoms with Crippen LogP contribution in [-0.4, -0.2) is 26.1 Å². The fourth-order valence-electron chi connectivity index (χ4n) is 3.10. The quantitative estimate of drug-likeness (QED) is 0.747. The van der Waals surface area contributed by atoms with E-state index in [2.05, 4.69) is 17.1 Å². The lowest BCUT2D eigenvalue weighted by atomic mass is 9.99. The standard InChI is InChI=1S/C20H22Cl2N2O2/c1-13-7-9-24(10-8-13)18-5-4-15(12-16(18)21)23-20(25)14-3-6-19(26-2)17(22)11-14/h3-6,11-13H,7-10H2,1-2H3,(H,23,25). The number of halogens is 2. The second-order valence-corrected chi connectivity index (χ2v) is 7.45. The summed E-state index contributed by atoms with van der Waals surface area (Å²) in [6, 6.07) is 10.6. The molecule has 1 fully saturated rings. The molecule has 6 heteroatoms. The van der Waals surface area contributed by atoms with Crippen LogP contribution in [0.2, 0.25) is 10.0 Å². The van der Waals surface area contributed by atoms with Crippen molar-refractivity contribution in [2.24, 2.45) is 5.92 Å². The van der Waals surface area contributed by atoms with E-state index in [9.17, 15) is 4.79 Å². The zero-order valence-electron chi connectivity index (χ0n) is 14.9. The van der Waals surface area contributed by atoms with E-state index in [4.69, 9.17) is 27.9 Å². The highest BCUT2D eigenvalue weighted by Crippen LogP contribution is 2.32. The molecule has 1 aliphatic rings. The molecule has 1 aliphatic heterocycles. The van der Waals surface area contributed by atoms with Gasteiger partial charge in [-0.1, -0.05) is 30.1 Å². The Morgan fingerprint density at radius 1 is 1.12 bits per heavy atom. The average Bonchev–Trinajstić information content (AvgIpc) is 2.63. The van der Waals surface area contributed by atoms with Crippen molar-refractivity contribution in [1.82, 2.24) is 0 Å². The monoisotopic (exact) mass is 392 g/mol. The average molecular weight is 393 g/mol. The lowest BCUT2D eigenvalue weighted by Gasteiger charge is -2.32. The van der Waals surface area contributed by atoms with Crippen LogP contribution in [0.25, 0.3) is 0 Å². The van der Waals surface area contributed by atoms with E-state index in [0.717, 1.165) is 24.7 Å². The van der Waals surface area contributed by atoms with Crippen LogP contribution in [0.3, 0.4) is 0 Å². The van der Waals surface area contributed by atoms with E-state index in [0.29, 0.717) is 27.0 Å². The molecule has 0 unspecified atom stereocenters. The third-order valence-electron chi connectivity index (χ3n) is 4.74. The van der Waals surface area contributed by atoms with Gasteiger partial charge in [0.2, 0.25) is 0 Å². The van der Waals surface area contributed by atoms with Crippen molar-refractivity contribution in [3.63, 3.8) is 0 Å². The van der Waals surface area contributed by atoms with Gasteiger partial charge in [0.1, 0.15) is 5.75 Å². The number of carbonyl (C=O) groups excluding carboxylic acids is 1. The predicted octanol–water partition coefficient (Wildman–Crippen LogP) is 5.49. The van der Waals surface area contributed by atoms with E-state index < -0.39 is 0 Å². The van der Waals surface area contributed by atoms with E-state index in [-0.39, 0.29) is 5.91 Å². The van der Waals surface area contributed by atoms with E-state index in [1.807, 2.05) is 12.1 Å². The molecule has 1 heterocycles. The Balaban J connectivity index is 1.71. The predicted molar refractivity (Wildman–Crippen MR) is 108 cm³/mol. The molecular formula is C20H22Cl2N2O2. The third kappa shape index (κ3) is 4.25. The van der Waals surface area contributed by atoms with Crippen molar-refractivity contribution < 1.29 is 9.53 Å². The van der Waals surface area contributed by atoms with Crippen LogP contribution in [0, 0.1) is 5.92 Å². The molecular weight excluding hydrogens is 371 g/mol. The number of hydrogen-bond donors (Lipinski definition) is 1. The van der Waals surface area contributed by atoms with Crippen molar-refractivity contribution in [1.29, 1.82) is 0 Å². The Kier molecular flexibility index (Phi) is 5.94. The van der Waals surface area contributed by atoms with Crippen molar-refractivity contribution >= 4 is 40.5 Å². The highest BCUT2D eigenvalue weighted by molar-refractivity contribution is 6.34. The van der Waals surface area contributed by atoms with Gasteiger partial charge in [-0.05, 0) is 55.2 Å². The van der Waals surface area contributed by atoms with Gasteiger partial charge in [0, 0.05) is 24.3 Å². The van der Waals surface area contributed by atoms with Crippen LogP contribution in [-0.2, 0) is 0 Å². The maximum absolute atomic E-state index is 12.4. The summed E-state index contributed by atoms with van der Waals surface area (Å²) in [4.78, 5) is 14.7. The molecule has 0 radical (unpaired) electrons. The minimum absolute atomic E-state index is 0.245. The van der Waals surface area contributed by atoms with E-state index in [1.165, 1.54) is 20.0 Å². The van der Waals surface area contributed by atoms with Gasteiger partial charge in [-0.3, -0.25) is 4.79 Å². The number of hydrogen-bond acceptors (Lipinski definition) is 3. The smallest absolute Gasteiger partial charge is 0.255 e. The van der Waals surface area contributed by atoms with Crippen molar-refractivity contribution in [2.75, 3.05) is 30.4 Å². The Hall–Kier alpha value is -1.91. The minimum Gasteiger partial charge on any atom is -0.495 e. The second-order valence-electron chi connectivity index (χ2n) is 6.64. The summed E-state index contributed by atoms with van der Waals surface area (Å²) in [6.07, 6.45) is 2.35. The highest BCUT2D eigenvalue weighted by atomic mass is 35.5. The fourth-order valence-corrected chi connectivity index (χ4v) is 3.66. The summed E-state index contributed by atoms with van der Waals surface area (Å²) >= 11 is 12.5. The highest BCUT2D eigenvalue weighted by Gasteiger charge is 2.18. The van der Waals surface area contributed by atoms with Crippen LogP contribution < -0.4 is 15.0 Å². The van der Waals surface area contributed by atoms with Gasteiger partial charge in [0.05, 0.1) is 22.8 Å². The molecule has 0 aromatic heterocycles. The summed E-state index contributed by atoms with van der Waals surface area (Å²) in [5.41, 5.74) is 2.13. The van der Waals surface area contributed by atoms with Gasteiger partial charge in [-0.15, -0.1) is 0 Å². The minimum atomic E-state index is -0.245. The number of nitrogens with zero attached hydrogens (tertiary/aromatic N) is 1. The molecule has 138 valence electrons. The first-order valence-electron chi connectivity index (χ1n) is 8.67. The number of nitrogens with one attached hydrogen (secondary N) is 1. The number of amides is 1. The van der Waals surface area contributed by atoms with Crippen LogP contribution in [0.5, 0.6) is 5.75 Å². The first kappa shape index (κ1) is 18.9. The van der Waals surface area contributed by atoms with Gasteiger partial charge in [0.15, 0.2) is 0 Å². The number of ether oxygens (including phenoxy) is 1. The van der Waals surface area contributed by atoms with Gasteiger partial charge < -0.3 is 15.0 Å².